The Labute approximate surface area is 260 Å². The molecule has 14 heteroatoms. The van der Waals surface area contributed by atoms with Crippen molar-refractivity contribution in [1.82, 2.24) is 26.2 Å². The number of alkyl halides is 3. The van der Waals surface area contributed by atoms with Gasteiger partial charge in [0.1, 0.15) is 12.1 Å². The molecule has 5 saturated carbocycles. The van der Waals surface area contributed by atoms with Crippen LogP contribution in [0, 0.1) is 22.7 Å². The smallest absolute Gasteiger partial charge is 0.356 e. The number of Topliss-reactive ketones (excluding diaryl/α,β-unsaturated/α-hetero) is 1. The van der Waals surface area contributed by atoms with Gasteiger partial charge in [0, 0.05) is 25.6 Å². The third kappa shape index (κ3) is 6.56. The summed E-state index contributed by atoms with van der Waals surface area (Å²) in [5, 5.41) is 10.8. The molecule has 0 spiro atoms. The van der Waals surface area contributed by atoms with E-state index >= 15 is 0 Å². The van der Waals surface area contributed by atoms with Gasteiger partial charge in [0.25, 0.3) is 5.91 Å². The van der Waals surface area contributed by atoms with Crippen molar-refractivity contribution in [2.45, 2.75) is 121 Å². The summed E-state index contributed by atoms with van der Waals surface area (Å²) in [6, 6.07) is -3.41. The molecular formula is C31H44F3N5O6. The highest BCUT2D eigenvalue weighted by molar-refractivity contribution is 6.38. The molecule has 2 bridgehead atoms. The SMILES string of the molecule is CCC[C@@H](C(=O)N[C@@H](C[C@@H]1CCNC1=O)C(=O)C(=O)NC1CC1)N(C)C(=O)[C@H](NC(=O)C12CC(C(F)(F)F)(C1)C2)C1CCCC1. The Hall–Kier alpha value is -3.19. The maximum Gasteiger partial charge on any atom is 0.394 e. The fourth-order valence-electron chi connectivity index (χ4n) is 7.74. The van der Waals surface area contributed by atoms with E-state index in [1.54, 1.807) is 0 Å². The molecule has 1 saturated heterocycles. The summed E-state index contributed by atoms with van der Waals surface area (Å²) in [7, 11) is 1.44. The first kappa shape index (κ1) is 33.2. The summed E-state index contributed by atoms with van der Waals surface area (Å²) in [5.74, 6) is -4.47. The highest BCUT2D eigenvalue weighted by atomic mass is 19.4. The molecule has 1 heterocycles. The number of hydrogen-bond acceptors (Lipinski definition) is 6. The van der Waals surface area contributed by atoms with Crippen molar-refractivity contribution in [3.8, 4) is 0 Å². The molecule has 6 fully saturated rings. The zero-order valence-electron chi connectivity index (χ0n) is 25.9. The Morgan fingerprint density at radius 2 is 1.64 bits per heavy atom. The van der Waals surface area contributed by atoms with Crippen LogP contribution in [-0.4, -0.2) is 84.2 Å². The van der Waals surface area contributed by atoms with Crippen LogP contribution >= 0.6 is 0 Å². The normalized spacial score (nSPS) is 29.4. The second kappa shape index (κ2) is 12.5. The van der Waals surface area contributed by atoms with Gasteiger partial charge < -0.3 is 26.2 Å². The number of carbonyl (C=O) groups excluding carboxylic acids is 6. The summed E-state index contributed by atoms with van der Waals surface area (Å²) >= 11 is 0. The van der Waals surface area contributed by atoms with Crippen LogP contribution in [-0.2, 0) is 28.8 Å². The number of rotatable bonds is 14. The summed E-state index contributed by atoms with van der Waals surface area (Å²) in [6.07, 6.45) is 0.424. The number of ketones is 1. The van der Waals surface area contributed by atoms with Crippen molar-refractivity contribution in [3.63, 3.8) is 0 Å². The number of likely N-dealkylation sites (N-methyl/N-ethyl adjacent to an activating group) is 1. The Morgan fingerprint density at radius 3 is 2.18 bits per heavy atom. The molecule has 4 N–H and O–H groups in total. The Balaban J connectivity index is 1.29. The van der Waals surface area contributed by atoms with E-state index in [0.717, 1.165) is 25.7 Å². The van der Waals surface area contributed by atoms with Crippen LogP contribution in [0.5, 0.6) is 0 Å². The van der Waals surface area contributed by atoms with E-state index in [4.69, 9.17) is 0 Å². The van der Waals surface area contributed by atoms with Crippen molar-refractivity contribution in [2.75, 3.05) is 13.6 Å². The van der Waals surface area contributed by atoms with Crippen molar-refractivity contribution in [1.29, 1.82) is 0 Å². The lowest BCUT2D eigenvalue weighted by Gasteiger charge is -2.69. The van der Waals surface area contributed by atoms with Crippen molar-refractivity contribution >= 4 is 35.3 Å². The van der Waals surface area contributed by atoms with Gasteiger partial charge in [0.05, 0.1) is 16.9 Å². The zero-order chi connectivity index (χ0) is 32.7. The summed E-state index contributed by atoms with van der Waals surface area (Å²) in [4.78, 5) is 80.4. The molecule has 45 heavy (non-hydrogen) atoms. The molecule has 4 atom stereocenters. The van der Waals surface area contributed by atoms with E-state index in [1.165, 1.54) is 11.9 Å². The fraction of sp³-hybridized carbons (Fsp3) is 0.806. The highest BCUT2D eigenvalue weighted by Gasteiger charge is 2.81. The molecule has 6 rings (SSSR count). The first-order valence-electron chi connectivity index (χ1n) is 16.3. The molecule has 0 radical (unpaired) electrons. The third-order valence-electron chi connectivity index (χ3n) is 10.7. The number of carbonyl (C=O) groups is 6. The van der Waals surface area contributed by atoms with Gasteiger partial charge in [0.15, 0.2) is 0 Å². The average Bonchev–Trinajstić information content (AvgIpc) is 3.39. The van der Waals surface area contributed by atoms with E-state index in [9.17, 15) is 41.9 Å². The van der Waals surface area contributed by atoms with E-state index in [-0.39, 0.29) is 50.0 Å². The molecule has 250 valence electrons. The molecular weight excluding hydrogens is 595 g/mol. The highest BCUT2D eigenvalue weighted by Crippen LogP contribution is 2.78. The minimum Gasteiger partial charge on any atom is -0.356 e. The number of nitrogens with zero attached hydrogens (tertiary/aromatic N) is 1. The Bertz CT molecular complexity index is 1210. The molecule has 1 aliphatic heterocycles. The predicted octanol–water partition coefficient (Wildman–Crippen LogP) is 1.88. The first-order chi connectivity index (χ1) is 21.2. The van der Waals surface area contributed by atoms with Gasteiger partial charge in [-0.05, 0) is 70.1 Å². The number of amides is 5. The standard InChI is InChI=1S/C31H44F3N5O6/c1-3-6-21(25(42)37-20(13-18-11-12-35-24(18)41)23(40)26(43)36-19-9-10-19)39(2)27(44)22(17-7-4-5-8-17)38-28(45)29-14-30(15-29,16-29)31(32,33)34/h17-22H,3-16H2,1-2H3,(H,35,41)(H,36,43)(H,37,42)(H,38,45)/t18-,20-,21-,22+,29?,30?/m0/s1. The van der Waals surface area contributed by atoms with Crippen LogP contribution in [0.4, 0.5) is 13.2 Å². The van der Waals surface area contributed by atoms with E-state index < -0.39 is 70.5 Å². The summed E-state index contributed by atoms with van der Waals surface area (Å²) in [5.41, 5.74) is -2.92. The van der Waals surface area contributed by atoms with Gasteiger partial charge in [-0.1, -0.05) is 26.2 Å². The lowest BCUT2D eigenvalue weighted by molar-refractivity contribution is -0.351. The molecule has 6 aliphatic rings. The van der Waals surface area contributed by atoms with Crippen LogP contribution in [0.15, 0.2) is 0 Å². The van der Waals surface area contributed by atoms with Crippen molar-refractivity contribution in [2.24, 2.45) is 22.7 Å². The quantitative estimate of drug-likeness (QED) is 0.213. The van der Waals surface area contributed by atoms with Crippen molar-refractivity contribution < 1.29 is 41.9 Å². The van der Waals surface area contributed by atoms with Gasteiger partial charge in [-0.15, -0.1) is 0 Å². The van der Waals surface area contributed by atoms with E-state index in [0.29, 0.717) is 32.2 Å². The lowest BCUT2D eigenvalue weighted by Crippen LogP contribution is -2.73. The van der Waals surface area contributed by atoms with Gasteiger partial charge in [-0.2, -0.15) is 13.2 Å². The fourth-order valence-corrected chi connectivity index (χ4v) is 7.74. The van der Waals surface area contributed by atoms with Crippen molar-refractivity contribution in [3.05, 3.63) is 0 Å². The molecule has 0 aromatic carbocycles. The van der Waals surface area contributed by atoms with Crippen LogP contribution in [0.25, 0.3) is 0 Å². The predicted molar refractivity (Wildman–Crippen MR) is 154 cm³/mol. The Morgan fingerprint density at radius 1 is 1.00 bits per heavy atom. The summed E-state index contributed by atoms with van der Waals surface area (Å²) in [6.45, 7) is 2.25. The second-order valence-electron chi connectivity index (χ2n) is 14.0. The van der Waals surface area contributed by atoms with Crippen LogP contribution in [0.3, 0.4) is 0 Å². The third-order valence-corrected chi connectivity index (χ3v) is 10.7. The monoisotopic (exact) mass is 639 g/mol. The minimum atomic E-state index is -4.37. The number of hydrogen-bond donors (Lipinski definition) is 4. The van der Waals surface area contributed by atoms with Gasteiger partial charge in [0.2, 0.25) is 29.4 Å². The number of nitrogens with one attached hydrogen (secondary N) is 4. The van der Waals surface area contributed by atoms with Crippen LogP contribution in [0.2, 0.25) is 0 Å². The van der Waals surface area contributed by atoms with Gasteiger partial charge in [-0.3, -0.25) is 28.8 Å². The molecule has 5 amide bonds. The molecule has 0 unspecified atom stereocenters. The van der Waals surface area contributed by atoms with Crippen LogP contribution < -0.4 is 21.3 Å². The second-order valence-corrected chi connectivity index (χ2v) is 14.0. The molecule has 0 aromatic rings. The molecule has 0 aromatic heterocycles. The van der Waals surface area contributed by atoms with Crippen LogP contribution in [0.1, 0.15) is 90.4 Å². The summed E-state index contributed by atoms with van der Waals surface area (Å²) < 4.78 is 40.3. The maximum atomic E-state index is 14.0. The van der Waals surface area contributed by atoms with Gasteiger partial charge in [-0.25, -0.2) is 0 Å². The lowest BCUT2D eigenvalue weighted by atomic mass is 9.34. The molecule has 5 aliphatic carbocycles. The largest absolute Gasteiger partial charge is 0.394 e. The minimum absolute atomic E-state index is 0.0622. The van der Waals surface area contributed by atoms with Gasteiger partial charge >= 0.3 is 6.18 Å². The van der Waals surface area contributed by atoms with E-state index in [2.05, 4.69) is 21.3 Å². The number of halogens is 3. The Kier molecular flexibility index (Phi) is 9.25. The maximum absolute atomic E-state index is 14.0. The molecule has 11 nitrogen and oxygen atoms in total. The topological polar surface area (TPSA) is 154 Å². The zero-order valence-corrected chi connectivity index (χ0v) is 25.9. The first-order valence-corrected chi connectivity index (χ1v) is 16.3. The average molecular weight is 640 g/mol. The van der Waals surface area contributed by atoms with E-state index in [1.807, 2.05) is 6.92 Å².